The van der Waals surface area contributed by atoms with Crippen molar-refractivity contribution in [1.29, 1.82) is 0 Å². The maximum atomic E-state index is 11.3. The van der Waals surface area contributed by atoms with Crippen molar-refractivity contribution in [2.75, 3.05) is 11.9 Å². The zero-order valence-electron chi connectivity index (χ0n) is 17.1. The van der Waals surface area contributed by atoms with Crippen LogP contribution in [-0.4, -0.2) is 39.7 Å². The largest absolute Gasteiger partial charge is 0.479 e. The lowest BCUT2D eigenvalue weighted by Gasteiger charge is -2.16. The quantitative estimate of drug-likeness (QED) is 0.303. The Balaban J connectivity index is 1.62. The van der Waals surface area contributed by atoms with Crippen LogP contribution in [0.15, 0.2) is 80.7 Å². The van der Waals surface area contributed by atoms with Crippen molar-refractivity contribution in [3.05, 3.63) is 76.8 Å². The van der Waals surface area contributed by atoms with Crippen molar-refractivity contribution >= 4 is 50.6 Å². The third-order valence-electron chi connectivity index (χ3n) is 5.10. The fourth-order valence-electron chi connectivity index (χ4n) is 3.10. The normalized spacial score (nSPS) is 13.3. The first-order chi connectivity index (χ1) is 15.4. The number of carbonyl (C=O) groups is 1. The van der Waals surface area contributed by atoms with Gasteiger partial charge < -0.3 is 20.1 Å². The Morgan fingerprint density at radius 2 is 1.97 bits per heavy atom. The second-order valence-electron chi connectivity index (χ2n) is 7.44. The molecule has 162 valence electrons. The van der Waals surface area contributed by atoms with Crippen molar-refractivity contribution in [2.24, 2.45) is 4.99 Å². The number of rotatable bonds is 7. The number of hydrogen-bond donors (Lipinski definition) is 3. The number of anilines is 2. The number of halogens is 1. The monoisotopic (exact) mass is 493 g/mol. The highest BCUT2D eigenvalue weighted by Gasteiger charge is 2.30. The summed E-state index contributed by atoms with van der Waals surface area (Å²) in [5, 5.41) is 26.8. The van der Waals surface area contributed by atoms with Crippen LogP contribution in [0.4, 0.5) is 11.5 Å². The molecule has 4 rings (SSSR count). The Kier molecular flexibility index (Phi) is 6.07. The first kappa shape index (κ1) is 21.7. The van der Waals surface area contributed by atoms with Crippen LogP contribution < -0.4 is 5.32 Å². The number of fused-ring (bicyclic) bond motifs is 1. The van der Waals surface area contributed by atoms with Gasteiger partial charge in [0, 0.05) is 10.7 Å². The lowest BCUT2D eigenvalue weighted by atomic mass is 10.1. The van der Waals surface area contributed by atoms with Gasteiger partial charge in [0.1, 0.15) is 0 Å². The predicted octanol–water partition coefficient (Wildman–Crippen LogP) is 5.26. The molecule has 0 saturated heterocycles. The fourth-order valence-corrected chi connectivity index (χ4v) is 3.69. The summed E-state index contributed by atoms with van der Waals surface area (Å²) in [6.07, 6.45) is 1.40. The molecule has 1 aromatic heterocycles. The second-order valence-corrected chi connectivity index (χ2v) is 8.23. The van der Waals surface area contributed by atoms with Crippen molar-refractivity contribution in [2.45, 2.75) is 12.5 Å². The standard InChI is InChI=1S/C24H20BrN3O4/c1-24(14-29,23(30)31)26-13-15-10-11-18-20(12-15)32-28-22(18)27-19-9-5-8-17(21(19)25)16-6-3-2-4-7-16/h2-13,29H,14H2,1H3,(H,27,28)(H,30,31). The molecule has 1 unspecified atom stereocenters. The van der Waals surface area contributed by atoms with Crippen LogP contribution in [-0.2, 0) is 4.79 Å². The summed E-state index contributed by atoms with van der Waals surface area (Å²) in [6, 6.07) is 21.3. The number of aliphatic hydroxyl groups is 1. The third-order valence-corrected chi connectivity index (χ3v) is 5.95. The number of aliphatic carboxylic acids is 1. The molecule has 0 bridgehead atoms. The molecule has 3 aromatic carbocycles. The highest BCUT2D eigenvalue weighted by molar-refractivity contribution is 9.10. The molecule has 7 nitrogen and oxygen atoms in total. The third kappa shape index (κ3) is 4.28. The van der Waals surface area contributed by atoms with Crippen LogP contribution in [0.1, 0.15) is 12.5 Å². The van der Waals surface area contributed by atoms with E-state index < -0.39 is 18.1 Å². The zero-order valence-corrected chi connectivity index (χ0v) is 18.7. The molecule has 0 amide bonds. The molecule has 1 atom stereocenters. The van der Waals surface area contributed by atoms with E-state index in [1.54, 1.807) is 12.1 Å². The fraction of sp³-hybridized carbons (Fsp3) is 0.125. The smallest absolute Gasteiger partial charge is 0.333 e. The van der Waals surface area contributed by atoms with Crippen LogP contribution in [0, 0.1) is 0 Å². The van der Waals surface area contributed by atoms with Crippen LogP contribution >= 0.6 is 15.9 Å². The molecule has 0 saturated carbocycles. The number of carboxylic acid groups (broad SMARTS) is 1. The number of aliphatic hydroxyl groups excluding tert-OH is 1. The molecule has 3 N–H and O–H groups in total. The minimum Gasteiger partial charge on any atom is -0.479 e. The Labute approximate surface area is 192 Å². The van der Waals surface area contributed by atoms with Gasteiger partial charge in [0.15, 0.2) is 16.9 Å². The van der Waals surface area contributed by atoms with E-state index in [1.165, 1.54) is 13.1 Å². The molecule has 0 fully saturated rings. The van der Waals surface area contributed by atoms with E-state index in [-0.39, 0.29) is 0 Å². The van der Waals surface area contributed by atoms with Crippen molar-refractivity contribution in [1.82, 2.24) is 5.16 Å². The SMILES string of the molecule is CC(CO)(N=Cc1ccc2c(Nc3cccc(-c4ccccc4)c3Br)noc2c1)C(=O)O. The van der Waals surface area contributed by atoms with Crippen LogP contribution in [0.2, 0.25) is 0 Å². The number of carboxylic acids is 1. The topological polar surface area (TPSA) is 108 Å². The summed E-state index contributed by atoms with van der Waals surface area (Å²) in [4.78, 5) is 15.3. The van der Waals surface area contributed by atoms with Gasteiger partial charge >= 0.3 is 5.97 Å². The number of benzene rings is 3. The maximum Gasteiger partial charge on any atom is 0.333 e. The Hall–Kier alpha value is -3.49. The van der Waals surface area contributed by atoms with E-state index in [2.05, 4.69) is 31.4 Å². The minimum atomic E-state index is -1.60. The number of nitrogens with one attached hydrogen (secondary N) is 1. The Morgan fingerprint density at radius 1 is 1.19 bits per heavy atom. The summed E-state index contributed by atoms with van der Waals surface area (Å²) >= 11 is 3.69. The summed E-state index contributed by atoms with van der Waals surface area (Å²) in [5.41, 5.74) is 2.54. The van der Waals surface area contributed by atoms with E-state index in [9.17, 15) is 15.0 Å². The van der Waals surface area contributed by atoms with E-state index >= 15 is 0 Å². The van der Waals surface area contributed by atoms with Crippen LogP contribution in [0.25, 0.3) is 22.1 Å². The van der Waals surface area contributed by atoms with Crippen molar-refractivity contribution < 1.29 is 19.5 Å². The predicted molar refractivity (Wildman–Crippen MR) is 128 cm³/mol. The molecular formula is C24H20BrN3O4. The molecule has 4 aromatic rings. The molecule has 8 heteroatoms. The van der Waals surface area contributed by atoms with Crippen molar-refractivity contribution in [3.8, 4) is 11.1 Å². The van der Waals surface area contributed by atoms with Gasteiger partial charge in [0.05, 0.1) is 17.7 Å². The lowest BCUT2D eigenvalue weighted by molar-refractivity contribution is -0.143. The molecular weight excluding hydrogens is 474 g/mol. The molecule has 1 heterocycles. The van der Waals surface area contributed by atoms with E-state index in [0.717, 1.165) is 26.7 Å². The van der Waals surface area contributed by atoms with Gasteiger partial charge in [-0.2, -0.15) is 0 Å². The van der Waals surface area contributed by atoms with E-state index in [1.807, 2.05) is 54.6 Å². The minimum absolute atomic E-state index is 0.521. The summed E-state index contributed by atoms with van der Waals surface area (Å²) in [5.74, 6) is -0.646. The number of nitrogens with zero attached hydrogens (tertiary/aromatic N) is 2. The molecule has 0 aliphatic rings. The zero-order chi connectivity index (χ0) is 22.7. The van der Waals surface area contributed by atoms with Gasteiger partial charge in [-0.1, -0.05) is 53.7 Å². The first-order valence-corrected chi connectivity index (χ1v) is 10.6. The molecule has 0 radical (unpaired) electrons. The summed E-state index contributed by atoms with van der Waals surface area (Å²) in [7, 11) is 0. The van der Waals surface area contributed by atoms with Gasteiger partial charge in [-0.25, -0.2) is 4.79 Å². The number of aliphatic imine (C=N–C) groups is 1. The van der Waals surface area contributed by atoms with Gasteiger partial charge in [0.2, 0.25) is 0 Å². The highest BCUT2D eigenvalue weighted by atomic mass is 79.9. The van der Waals surface area contributed by atoms with Crippen LogP contribution in [0.5, 0.6) is 0 Å². The highest BCUT2D eigenvalue weighted by Crippen LogP contribution is 2.36. The molecule has 0 aliphatic heterocycles. The van der Waals surface area contributed by atoms with Gasteiger partial charge in [0.25, 0.3) is 0 Å². The number of hydrogen-bond acceptors (Lipinski definition) is 6. The summed E-state index contributed by atoms with van der Waals surface area (Å²) in [6.45, 7) is 0.747. The van der Waals surface area contributed by atoms with Gasteiger partial charge in [-0.3, -0.25) is 4.99 Å². The maximum absolute atomic E-state index is 11.3. The van der Waals surface area contributed by atoms with Crippen LogP contribution in [0.3, 0.4) is 0 Å². The average Bonchev–Trinajstić information content (AvgIpc) is 3.21. The first-order valence-electron chi connectivity index (χ1n) is 9.81. The van der Waals surface area contributed by atoms with E-state index in [4.69, 9.17) is 4.52 Å². The van der Waals surface area contributed by atoms with E-state index in [0.29, 0.717) is 17.0 Å². The molecule has 0 aliphatic carbocycles. The Bertz CT molecular complexity index is 1300. The second kappa shape index (κ2) is 8.94. The lowest BCUT2D eigenvalue weighted by Crippen LogP contribution is -2.37. The Morgan fingerprint density at radius 3 is 2.69 bits per heavy atom. The molecule has 32 heavy (non-hydrogen) atoms. The molecule has 0 spiro atoms. The van der Waals surface area contributed by atoms with Gasteiger partial charge in [-0.05, 0) is 57.7 Å². The number of aromatic nitrogens is 1. The average molecular weight is 494 g/mol. The van der Waals surface area contributed by atoms with Gasteiger partial charge in [-0.15, -0.1) is 0 Å². The van der Waals surface area contributed by atoms with Crippen molar-refractivity contribution in [3.63, 3.8) is 0 Å². The summed E-state index contributed by atoms with van der Waals surface area (Å²) < 4.78 is 6.37.